The van der Waals surface area contributed by atoms with E-state index in [1.165, 1.54) is 0 Å². The summed E-state index contributed by atoms with van der Waals surface area (Å²) in [7, 11) is 0. The molecule has 0 aliphatic heterocycles. The molecule has 3 heterocycles. The predicted molar refractivity (Wildman–Crippen MR) is 103 cm³/mol. The number of aromatic nitrogens is 4. The Hall–Kier alpha value is -3.06. The van der Waals surface area contributed by atoms with Gasteiger partial charge in [0, 0.05) is 22.3 Å². The van der Waals surface area contributed by atoms with Crippen LogP contribution in [0.15, 0.2) is 65.4 Å². The fraction of sp³-hybridized carbons (Fsp3) is 0.0526. The van der Waals surface area contributed by atoms with Crippen LogP contribution in [0.5, 0.6) is 0 Å². The Balaban J connectivity index is 1.63. The third-order valence-electron chi connectivity index (χ3n) is 3.98. The van der Waals surface area contributed by atoms with Gasteiger partial charge in [0.05, 0.1) is 23.1 Å². The van der Waals surface area contributed by atoms with Crippen molar-refractivity contribution in [3.8, 4) is 11.3 Å². The SMILES string of the molecule is Cc1nc(-c2cccc(Br)c2)ccc1C(=O)Nc1ccnc2ccnn12. The second kappa shape index (κ2) is 6.68. The van der Waals surface area contributed by atoms with Crippen molar-refractivity contribution in [2.75, 3.05) is 5.32 Å². The van der Waals surface area contributed by atoms with Crippen LogP contribution >= 0.6 is 15.9 Å². The molecule has 0 unspecified atom stereocenters. The second-order valence-corrected chi connectivity index (χ2v) is 6.64. The molecule has 4 aromatic rings. The lowest BCUT2D eigenvalue weighted by atomic mass is 10.1. The summed E-state index contributed by atoms with van der Waals surface area (Å²) in [4.78, 5) is 21.5. The van der Waals surface area contributed by atoms with Crippen LogP contribution < -0.4 is 5.32 Å². The van der Waals surface area contributed by atoms with Crippen LogP contribution in [0, 0.1) is 6.92 Å². The summed E-state index contributed by atoms with van der Waals surface area (Å²) < 4.78 is 2.56. The molecule has 1 N–H and O–H groups in total. The van der Waals surface area contributed by atoms with Crippen LogP contribution in [0.25, 0.3) is 16.9 Å². The van der Waals surface area contributed by atoms with Crippen molar-refractivity contribution in [2.45, 2.75) is 6.92 Å². The third kappa shape index (κ3) is 3.09. The number of pyridine rings is 1. The highest BCUT2D eigenvalue weighted by Crippen LogP contribution is 2.23. The van der Waals surface area contributed by atoms with Crippen LogP contribution in [0.3, 0.4) is 0 Å². The van der Waals surface area contributed by atoms with Crippen molar-refractivity contribution < 1.29 is 4.79 Å². The largest absolute Gasteiger partial charge is 0.306 e. The summed E-state index contributed by atoms with van der Waals surface area (Å²) in [6.45, 7) is 1.83. The third-order valence-corrected chi connectivity index (χ3v) is 4.48. The normalized spacial score (nSPS) is 10.8. The molecule has 0 spiro atoms. The molecule has 0 bridgehead atoms. The average Bonchev–Trinajstić information content (AvgIpc) is 3.11. The van der Waals surface area contributed by atoms with E-state index in [4.69, 9.17) is 0 Å². The number of hydrogen-bond acceptors (Lipinski definition) is 4. The Bertz CT molecular complexity index is 1120. The van der Waals surface area contributed by atoms with Gasteiger partial charge in [-0.15, -0.1) is 0 Å². The van der Waals surface area contributed by atoms with Gasteiger partial charge in [-0.05, 0) is 37.3 Å². The number of nitrogens with one attached hydrogen (secondary N) is 1. The van der Waals surface area contributed by atoms with Crippen molar-refractivity contribution in [2.24, 2.45) is 0 Å². The minimum atomic E-state index is -0.237. The molecular weight excluding hydrogens is 394 g/mol. The molecule has 128 valence electrons. The highest BCUT2D eigenvalue weighted by atomic mass is 79.9. The van der Waals surface area contributed by atoms with Crippen LogP contribution in [0.2, 0.25) is 0 Å². The molecule has 0 aliphatic carbocycles. The van der Waals surface area contributed by atoms with E-state index < -0.39 is 0 Å². The van der Waals surface area contributed by atoms with E-state index in [2.05, 4.69) is 36.3 Å². The topological polar surface area (TPSA) is 72.2 Å². The molecule has 6 nitrogen and oxygen atoms in total. The number of benzene rings is 1. The summed E-state index contributed by atoms with van der Waals surface area (Å²) in [5.41, 5.74) is 3.65. The van der Waals surface area contributed by atoms with Crippen LogP contribution in [-0.2, 0) is 0 Å². The lowest BCUT2D eigenvalue weighted by molar-refractivity contribution is 0.102. The molecule has 7 heteroatoms. The van der Waals surface area contributed by atoms with E-state index in [0.29, 0.717) is 22.7 Å². The van der Waals surface area contributed by atoms with E-state index >= 15 is 0 Å². The first-order valence-corrected chi connectivity index (χ1v) is 8.75. The first-order chi connectivity index (χ1) is 12.6. The standard InChI is InChI=1S/C19H14BrN5O/c1-12-15(5-6-16(23-12)13-3-2-4-14(20)11-13)19(26)24-18-7-9-21-17-8-10-22-25(17)18/h2-11H,1H3,(H,24,26). The van der Waals surface area contributed by atoms with Gasteiger partial charge in [-0.3, -0.25) is 9.78 Å². The van der Waals surface area contributed by atoms with Gasteiger partial charge in [-0.25, -0.2) is 4.98 Å². The van der Waals surface area contributed by atoms with E-state index in [1.807, 2.05) is 37.3 Å². The van der Waals surface area contributed by atoms with Crippen LogP contribution in [0.4, 0.5) is 5.82 Å². The number of amides is 1. The molecule has 0 radical (unpaired) electrons. The molecule has 3 aromatic heterocycles. The van der Waals surface area contributed by atoms with Crippen LogP contribution in [0.1, 0.15) is 16.1 Å². The summed E-state index contributed by atoms with van der Waals surface area (Å²) >= 11 is 3.46. The Morgan fingerprint density at radius 1 is 1.12 bits per heavy atom. The second-order valence-electron chi connectivity index (χ2n) is 5.73. The van der Waals surface area contributed by atoms with Crippen molar-refractivity contribution in [3.05, 3.63) is 76.7 Å². The van der Waals surface area contributed by atoms with Gasteiger partial charge in [0.25, 0.3) is 5.91 Å². The smallest absolute Gasteiger partial charge is 0.258 e. The Morgan fingerprint density at radius 3 is 2.81 bits per heavy atom. The van der Waals surface area contributed by atoms with Crippen LogP contribution in [-0.4, -0.2) is 25.5 Å². The van der Waals surface area contributed by atoms with Gasteiger partial charge in [0.1, 0.15) is 5.82 Å². The molecule has 1 aromatic carbocycles. The predicted octanol–water partition coefficient (Wildman–Crippen LogP) is 4.11. The quantitative estimate of drug-likeness (QED) is 0.554. The maximum atomic E-state index is 12.7. The summed E-state index contributed by atoms with van der Waals surface area (Å²) in [6.07, 6.45) is 3.27. The van der Waals surface area contributed by atoms with E-state index in [9.17, 15) is 4.79 Å². The fourth-order valence-electron chi connectivity index (χ4n) is 2.72. The van der Waals surface area contributed by atoms with Gasteiger partial charge >= 0.3 is 0 Å². The fourth-order valence-corrected chi connectivity index (χ4v) is 3.12. The zero-order chi connectivity index (χ0) is 18.1. The lowest BCUT2D eigenvalue weighted by Gasteiger charge is -2.10. The van der Waals surface area contributed by atoms with Gasteiger partial charge in [0.15, 0.2) is 5.65 Å². The molecule has 0 atom stereocenters. The molecular formula is C19H14BrN5O. The van der Waals surface area contributed by atoms with Crippen molar-refractivity contribution in [1.82, 2.24) is 19.6 Å². The number of anilines is 1. The zero-order valence-corrected chi connectivity index (χ0v) is 15.4. The first kappa shape index (κ1) is 16.4. The van der Waals surface area contributed by atoms with Gasteiger partial charge in [-0.1, -0.05) is 28.1 Å². The number of aryl methyl sites for hydroxylation is 1. The summed E-state index contributed by atoms with van der Waals surface area (Å²) in [5, 5.41) is 7.04. The van der Waals surface area contributed by atoms with Gasteiger partial charge in [0.2, 0.25) is 0 Å². The Labute approximate surface area is 158 Å². The van der Waals surface area contributed by atoms with E-state index in [1.54, 1.807) is 35.1 Å². The number of carbonyl (C=O) groups excluding carboxylic acids is 1. The average molecular weight is 408 g/mol. The highest BCUT2D eigenvalue weighted by Gasteiger charge is 2.13. The molecule has 0 saturated carbocycles. The van der Waals surface area contributed by atoms with Crippen molar-refractivity contribution in [1.29, 1.82) is 0 Å². The molecule has 1 amide bonds. The minimum absolute atomic E-state index is 0.237. The monoisotopic (exact) mass is 407 g/mol. The molecule has 0 saturated heterocycles. The Kier molecular flexibility index (Phi) is 4.22. The highest BCUT2D eigenvalue weighted by molar-refractivity contribution is 9.10. The Morgan fingerprint density at radius 2 is 2.00 bits per heavy atom. The number of hydrogen-bond donors (Lipinski definition) is 1. The van der Waals surface area contributed by atoms with Crippen molar-refractivity contribution >= 4 is 33.3 Å². The minimum Gasteiger partial charge on any atom is -0.306 e. The van der Waals surface area contributed by atoms with Crippen molar-refractivity contribution in [3.63, 3.8) is 0 Å². The maximum absolute atomic E-state index is 12.7. The first-order valence-electron chi connectivity index (χ1n) is 7.95. The molecule has 26 heavy (non-hydrogen) atoms. The summed E-state index contributed by atoms with van der Waals surface area (Å²) in [6, 6.07) is 15.0. The molecule has 0 aliphatic rings. The van der Waals surface area contributed by atoms with Gasteiger partial charge < -0.3 is 5.32 Å². The lowest BCUT2D eigenvalue weighted by Crippen LogP contribution is -2.16. The van der Waals surface area contributed by atoms with E-state index in [0.717, 1.165) is 15.7 Å². The van der Waals surface area contributed by atoms with E-state index in [-0.39, 0.29) is 5.91 Å². The number of nitrogens with zero attached hydrogens (tertiary/aromatic N) is 4. The number of fused-ring (bicyclic) bond motifs is 1. The number of halogens is 1. The summed E-state index contributed by atoms with van der Waals surface area (Å²) in [5.74, 6) is 0.319. The number of rotatable bonds is 3. The zero-order valence-electron chi connectivity index (χ0n) is 13.8. The molecule has 4 rings (SSSR count). The molecule has 0 fully saturated rings. The maximum Gasteiger partial charge on any atom is 0.258 e. The number of carbonyl (C=O) groups is 1. The van der Waals surface area contributed by atoms with Gasteiger partial charge in [-0.2, -0.15) is 9.61 Å².